The van der Waals surface area contributed by atoms with Crippen LogP contribution in [0.1, 0.15) is 59.9 Å². The topological polar surface area (TPSA) is 50.2 Å². The summed E-state index contributed by atoms with van der Waals surface area (Å²) in [6, 6.07) is 8.65. The Bertz CT molecular complexity index is 800. The van der Waals surface area contributed by atoms with E-state index in [0.29, 0.717) is 5.69 Å². The molecule has 27 heavy (non-hydrogen) atoms. The molecule has 0 unspecified atom stereocenters. The van der Waals surface area contributed by atoms with Crippen molar-refractivity contribution in [1.29, 1.82) is 0 Å². The van der Waals surface area contributed by atoms with Crippen LogP contribution in [0.15, 0.2) is 24.3 Å². The molecule has 1 aromatic heterocycles. The SMILES string of the molecule is CCCN1CCC(NC(=O)c2nn(-c3ccc(C)cc3)c3c2CCC3)CC1. The van der Waals surface area contributed by atoms with Crippen LogP contribution in [0.2, 0.25) is 0 Å². The molecule has 1 fully saturated rings. The van der Waals surface area contributed by atoms with Crippen LogP contribution in [0.25, 0.3) is 5.69 Å². The average Bonchev–Trinajstić information content (AvgIpc) is 3.27. The number of nitrogens with one attached hydrogen (secondary N) is 1. The maximum atomic E-state index is 13.0. The van der Waals surface area contributed by atoms with Crippen molar-refractivity contribution in [2.45, 2.75) is 58.4 Å². The van der Waals surface area contributed by atoms with Gasteiger partial charge in [0.15, 0.2) is 5.69 Å². The Hall–Kier alpha value is -2.14. The van der Waals surface area contributed by atoms with Crippen LogP contribution in [-0.4, -0.2) is 46.3 Å². The molecule has 2 heterocycles. The molecule has 0 bridgehead atoms. The van der Waals surface area contributed by atoms with Gasteiger partial charge < -0.3 is 10.2 Å². The number of fused-ring (bicyclic) bond motifs is 1. The summed E-state index contributed by atoms with van der Waals surface area (Å²) in [5, 5.41) is 8.00. The molecule has 144 valence electrons. The van der Waals surface area contributed by atoms with E-state index in [1.54, 1.807) is 0 Å². The van der Waals surface area contributed by atoms with Crippen LogP contribution in [0.3, 0.4) is 0 Å². The molecule has 1 aliphatic heterocycles. The second-order valence-electron chi connectivity index (χ2n) is 7.96. The quantitative estimate of drug-likeness (QED) is 0.883. The highest BCUT2D eigenvalue weighted by molar-refractivity contribution is 5.94. The van der Waals surface area contributed by atoms with Crippen molar-refractivity contribution in [3.05, 3.63) is 46.8 Å². The summed E-state index contributed by atoms with van der Waals surface area (Å²) in [6.45, 7) is 7.62. The van der Waals surface area contributed by atoms with Crippen LogP contribution in [0, 0.1) is 6.92 Å². The Balaban J connectivity index is 1.50. The highest BCUT2D eigenvalue weighted by Crippen LogP contribution is 2.28. The first-order chi connectivity index (χ1) is 13.2. The van der Waals surface area contributed by atoms with Crippen molar-refractivity contribution < 1.29 is 4.79 Å². The Labute approximate surface area is 161 Å². The second-order valence-corrected chi connectivity index (χ2v) is 7.96. The molecule has 0 radical (unpaired) electrons. The average molecular weight is 367 g/mol. The van der Waals surface area contributed by atoms with E-state index in [4.69, 9.17) is 5.10 Å². The maximum absolute atomic E-state index is 13.0. The molecule has 1 aliphatic carbocycles. The van der Waals surface area contributed by atoms with Gasteiger partial charge in [-0.3, -0.25) is 4.79 Å². The second kappa shape index (κ2) is 7.85. The largest absolute Gasteiger partial charge is 0.348 e. The zero-order valence-electron chi connectivity index (χ0n) is 16.5. The third-order valence-electron chi connectivity index (χ3n) is 5.89. The fourth-order valence-corrected chi connectivity index (χ4v) is 4.39. The summed E-state index contributed by atoms with van der Waals surface area (Å²) in [5.74, 6) is 0.00736. The lowest BCUT2D eigenvalue weighted by Gasteiger charge is -2.31. The molecule has 1 amide bonds. The van der Waals surface area contributed by atoms with Crippen molar-refractivity contribution >= 4 is 5.91 Å². The summed E-state index contributed by atoms with van der Waals surface area (Å²) < 4.78 is 1.99. The summed E-state index contributed by atoms with van der Waals surface area (Å²) >= 11 is 0. The minimum Gasteiger partial charge on any atom is -0.348 e. The predicted molar refractivity (Wildman–Crippen MR) is 108 cm³/mol. The Morgan fingerprint density at radius 1 is 1.19 bits per heavy atom. The number of carbonyl (C=O) groups is 1. The van der Waals surface area contributed by atoms with E-state index in [-0.39, 0.29) is 11.9 Å². The molecule has 4 rings (SSSR count). The normalized spacial score (nSPS) is 17.9. The number of nitrogens with zero attached hydrogens (tertiary/aromatic N) is 3. The molecule has 5 heteroatoms. The van der Waals surface area contributed by atoms with Gasteiger partial charge in [0, 0.05) is 30.4 Å². The number of benzene rings is 1. The molecule has 1 saturated heterocycles. The summed E-state index contributed by atoms with van der Waals surface area (Å²) in [6.07, 6.45) is 6.32. The molecule has 0 spiro atoms. The van der Waals surface area contributed by atoms with E-state index in [0.717, 1.165) is 63.0 Å². The highest BCUT2D eigenvalue weighted by atomic mass is 16.2. The number of rotatable bonds is 5. The lowest BCUT2D eigenvalue weighted by atomic mass is 10.0. The number of aryl methyl sites for hydroxylation is 1. The van der Waals surface area contributed by atoms with Crippen LogP contribution in [0.5, 0.6) is 0 Å². The number of carbonyl (C=O) groups excluding carboxylic acids is 1. The third-order valence-corrected chi connectivity index (χ3v) is 5.89. The minimum atomic E-state index is 0.00736. The summed E-state index contributed by atoms with van der Waals surface area (Å²) in [7, 11) is 0. The zero-order chi connectivity index (χ0) is 18.8. The summed E-state index contributed by atoms with van der Waals surface area (Å²) in [5.41, 5.74) is 5.28. The van der Waals surface area contributed by atoms with E-state index in [1.165, 1.54) is 17.7 Å². The third kappa shape index (κ3) is 3.79. The van der Waals surface area contributed by atoms with Gasteiger partial charge in [0.2, 0.25) is 0 Å². The molecular weight excluding hydrogens is 336 g/mol. The molecule has 0 saturated carbocycles. The van der Waals surface area contributed by atoms with Crippen molar-refractivity contribution in [2.75, 3.05) is 19.6 Å². The number of piperidine rings is 1. The number of amides is 1. The van der Waals surface area contributed by atoms with Gasteiger partial charge in [-0.05, 0) is 64.1 Å². The molecule has 5 nitrogen and oxygen atoms in total. The van der Waals surface area contributed by atoms with E-state index in [2.05, 4.69) is 48.3 Å². The van der Waals surface area contributed by atoms with Crippen molar-refractivity contribution in [1.82, 2.24) is 20.0 Å². The number of hydrogen-bond acceptors (Lipinski definition) is 3. The van der Waals surface area contributed by atoms with Gasteiger partial charge in [-0.25, -0.2) is 4.68 Å². The highest BCUT2D eigenvalue weighted by Gasteiger charge is 2.28. The van der Waals surface area contributed by atoms with E-state index >= 15 is 0 Å². The zero-order valence-corrected chi connectivity index (χ0v) is 16.5. The number of likely N-dealkylation sites (tertiary alicyclic amines) is 1. The minimum absolute atomic E-state index is 0.00736. The van der Waals surface area contributed by atoms with Gasteiger partial charge in [0.05, 0.1) is 5.69 Å². The van der Waals surface area contributed by atoms with Gasteiger partial charge in [-0.2, -0.15) is 5.10 Å². The van der Waals surface area contributed by atoms with E-state index < -0.39 is 0 Å². The fourth-order valence-electron chi connectivity index (χ4n) is 4.39. The monoisotopic (exact) mass is 366 g/mol. The number of aromatic nitrogens is 2. The lowest BCUT2D eigenvalue weighted by molar-refractivity contribution is 0.0904. The van der Waals surface area contributed by atoms with Crippen molar-refractivity contribution in [3.8, 4) is 5.69 Å². The smallest absolute Gasteiger partial charge is 0.272 e. The first-order valence-electron chi connectivity index (χ1n) is 10.4. The van der Waals surface area contributed by atoms with Crippen molar-refractivity contribution in [2.24, 2.45) is 0 Å². The Morgan fingerprint density at radius 3 is 2.63 bits per heavy atom. The van der Waals surface area contributed by atoms with Gasteiger partial charge in [0.25, 0.3) is 5.91 Å². The van der Waals surface area contributed by atoms with Gasteiger partial charge in [-0.1, -0.05) is 24.6 Å². The Morgan fingerprint density at radius 2 is 1.93 bits per heavy atom. The van der Waals surface area contributed by atoms with Crippen LogP contribution < -0.4 is 5.32 Å². The first-order valence-corrected chi connectivity index (χ1v) is 10.4. The van der Waals surface area contributed by atoms with Crippen LogP contribution in [0.4, 0.5) is 0 Å². The fraction of sp³-hybridized carbons (Fsp3) is 0.545. The molecule has 0 atom stereocenters. The molecule has 1 N–H and O–H groups in total. The summed E-state index contributed by atoms with van der Waals surface area (Å²) in [4.78, 5) is 15.5. The first kappa shape index (κ1) is 18.2. The predicted octanol–water partition coefficient (Wildman–Crippen LogP) is 3.27. The standard InChI is InChI=1S/C22H30N4O/c1-3-13-25-14-11-17(12-15-25)23-22(27)21-19-5-4-6-20(19)26(24-21)18-9-7-16(2)8-10-18/h7-10,17H,3-6,11-15H2,1-2H3,(H,23,27). The van der Waals surface area contributed by atoms with Crippen LogP contribution >= 0.6 is 0 Å². The number of hydrogen-bond donors (Lipinski definition) is 1. The lowest BCUT2D eigenvalue weighted by Crippen LogP contribution is -2.45. The molecule has 2 aliphatic rings. The van der Waals surface area contributed by atoms with Gasteiger partial charge in [-0.15, -0.1) is 0 Å². The van der Waals surface area contributed by atoms with E-state index in [9.17, 15) is 4.79 Å². The van der Waals surface area contributed by atoms with E-state index in [1.807, 2.05) is 4.68 Å². The van der Waals surface area contributed by atoms with Gasteiger partial charge in [0.1, 0.15) is 0 Å². The molecular formula is C22H30N4O. The molecule has 1 aromatic carbocycles. The maximum Gasteiger partial charge on any atom is 0.272 e. The molecule has 2 aromatic rings. The van der Waals surface area contributed by atoms with Gasteiger partial charge >= 0.3 is 0 Å². The van der Waals surface area contributed by atoms with Crippen LogP contribution in [-0.2, 0) is 12.8 Å². The van der Waals surface area contributed by atoms with Crippen molar-refractivity contribution in [3.63, 3.8) is 0 Å². The Kier molecular flexibility index (Phi) is 5.30.